The minimum Gasteiger partial charge on any atom is -0.373 e. The average molecular weight is 143 g/mol. The van der Waals surface area contributed by atoms with Gasteiger partial charge in [0.1, 0.15) is 5.78 Å². The maximum Gasteiger partial charge on any atom is 0.149 e. The maximum absolute atomic E-state index is 10.9. The number of hydrogen-bond donors (Lipinski definition) is 1. The number of Topliss-reactive ketones (excluding diaryl/α,β-unsaturated/α-hetero) is 1. The smallest absolute Gasteiger partial charge is 0.149 e. The van der Waals surface area contributed by atoms with E-state index in [2.05, 4.69) is 0 Å². The second-order valence-corrected chi connectivity index (χ2v) is 2.75. The van der Waals surface area contributed by atoms with Crippen LogP contribution in [0.2, 0.25) is 0 Å². The molecule has 2 N–H and O–H groups in total. The molecule has 0 aliphatic carbocycles. The standard InChI is InChI=1S/C7H13NO2/c1-5(8)7(9)3-2-6-4-10-6/h5-6H,2-4,8H2,1H3/t5-,6?/m0/s1. The van der Waals surface area contributed by atoms with Gasteiger partial charge in [-0.05, 0) is 13.3 Å². The van der Waals surface area contributed by atoms with E-state index in [-0.39, 0.29) is 11.8 Å². The third-order valence-corrected chi connectivity index (χ3v) is 1.62. The normalized spacial score (nSPS) is 26.0. The van der Waals surface area contributed by atoms with Gasteiger partial charge < -0.3 is 10.5 Å². The molecule has 3 nitrogen and oxygen atoms in total. The van der Waals surface area contributed by atoms with Crippen molar-refractivity contribution < 1.29 is 9.53 Å². The van der Waals surface area contributed by atoms with Gasteiger partial charge in [0.05, 0.1) is 18.8 Å². The van der Waals surface area contributed by atoms with E-state index in [0.717, 1.165) is 13.0 Å². The number of epoxide rings is 1. The zero-order valence-corrected chi connectivity index (χ0v) is 6.17. The minimum absolute atomic E-state index is 0.135. The van der Waals surface area contributed by atoms with Crippen molar-refractivity contribution in [1.29, 1.82) is 0 Å². The van der Waals surface area contributed by atoms with Gasteiger partial charge in [0.2, 0.25) is 0 Å². The second kappa shape index (κ2) is 3.12. The topological polar surface area (TPSA) is 55.6 Å². The average Bonchev–Trinajstić information content (AvgIpc) is 2.64. The van der Waals surface area contributed by atoms with Crippen molar-refractivity contribution >= 4 is 5.78 Å². The van der Waals surface area contributed by atoms with E-state index in [9.17, 15) is 4.79 Å². The zero-order chi connectivity index (χ0) is 7.56. The van der Waals surface area contributed by atoms with Crippen LogP contribution in [0, 0.1) is 0 Å². The second-order valence-electron chi connectivity index (χ2n) is 2.75. The molecule has 3 heteroatoms. The summed E-state index contributed by atoms with van der Waals surface area (Å²) in [6.07, 6.45) is 1.77. The Hall–Kier alpha value is -0.410. The van der Waals surface area contributed by atoms with E-state index in [0.29, 0.717) is 12.5 Å². The van der Waals surface area contributed by atoms with Crippen molar-refractivity contribution in [1.82, 2.24) is 0 Å². The summed E-state index contributed by atoms with van der Waals surface area (Å²) >= 11 is 0. The molecule has 0 spiro atoms. The number of nitrogens with two attached hydrogens (primary N) is 1. The van der Waals surface area contributed by atoms with E-state index in [1.54, 1.807) is 6.92 Å². The quantitative estimate of drug-likeness (QED) is 0.567. The number of rotatable bonds is 4. The van der Waals surface area contributed by atoms with Gasteiger partial charge in [0.15, 0.2) is 0 Å². The van der Waals surface area contributed by atoms with E-state index in [1.165, 1.54) is 0 Å². The summed E-state index contributed by atoms with van der Waals surface area (Å²) in [7, 11) is 0. The van der Waals surface area contributed by atoms with Crippen LogP contribution < -0.4 is 5.73 Å². The van der Waals surface area contributed by atoms with Crippen molar-refractivity contribution in [2.75, 3.05) is 6.61 Å². The van der Waals surface area contributed by atoms with Crippen LogP contribution in [0.3, 0.4) is 0 Å². The minimum atomic E-state index is -0.307. The Morgan fingerprint density at radius 1 is 1.90 bits per heavy atom. The molecule has 0 radical (unpaired) electrons. The lowest BCUT2D eigenvalue weighted by Gasteiger charge is -2.00. The molecule has 0 aromatic rings. The molecule has 1 aliphatic heterocycles. The van der Waals surface area contributed by atoms with Crippen LogP contribution in [0.25, 0.3) is 0 Å². The van der Waals surface area contributed by atoms with Crippen LogP contribution in [0.4, 0.5) is 0 Å². The lowest BCUT2D eigenvalue weighted by atomic mass is 10.1. The lowest BCUT2D eigenvalue weighted by molar-refractivity contribution is -0.120. The Balaban J connectivity index is 2.05. The molecule has 1 rings (SSSR count). The molecule has 0 amide bonds. The van der Waals surface area contributed by atoms with Crippen molar-refractivity contribution in [2.45, 2.75) is 31.9 Å². The summed E-state index contributed by atoms with van der Waals surface area (Å²) in [4.78, 5) is 10.9. The highest BCUT2D eigenvalue weighted by Crippen LogP contribution is 2.15. The molecular weight excluding hydrogens is 130 g/mol. The number of ether oxygens (including phenoxy) is 1. The monoisotopic (exact) mass is 143 g/mol. The molecule has 0 aromatic carbocycles. The van der Waals surface area contributed by atoms with Crippen molar-refractivity contribution in [3.05, 3.63) is 0 Å². The zero-order valence-electron chi connectivity index (χ0n) is 6.17. The lowest BCUT2D eigenvalue weighted by Crippen LogP contribution is -2.26. The SMILES string of the molecule is C[C@H](N)C(=O)CCC1CO1. The van der Waals surface area contributed by atoms with Crippen LogP contribution in [-0.2, 0) is 9.53 Å². The Morgan fingerprint density at radius 2 is 2.50 bits per heavy atom. The first-order valence-corrected chi connectivity index (χ1v) is 3.60. The molecule has 1 aliphatic rings. The first-order chi connectivity index (χ1) is 4.70. The van der Waals surface area contributed by atoms with Gasteiger partial charge in [-0.2, -0.15) is 0 Å². The van der Waals surface area contributed by atoms with Gasteiger partial charge in [-0.1, -0.05) is 0 Å². The molecule has 2 atom stereocenters. The Bertz CT molecular complexity index is 130. The van der Waals surface area contributed by atoms with Crippen molar-refractivity contribution in [2.24, 2.45) is 5.73 Å². The third-order valence-electron chi connectivity index (χ3n) is 1.62. The molecule has 10 heavy (non-hydrogen) atoms. The largest absolute Gasteiger partial charge is 0.373 e. The van der Waals surface area contributed by atoms with Gasteiger partial charge in [-0.15, -0.1) is 0 Å². The predicted octanol–water partition coefficient (Wildman–Crippen LogP) is 0.0817. The Morgan fingerprint density at radius 3 is 2.90 bits per heavy atom. The summed E-state index contributed by atoms with van der Waals surface area (Å²) in [5, 5.41) is 0. The molecule has 0 bridgehead atoms. The Labute approximate surface area is 60.5 Å². The molecule has 0 aromatic heterocycles. The highest BCUT2D eigenvalue weighted by Gasteiger charge is 2.23. The molecule has 1 unspecified atom stereocenters. The number of carbonyl (C=O) groups is 1. The fourth-order valence-electron chi connectivity index (χ4n) is 0.766. The van der Waals surface area contributed by atoms with Gasteiger partial charge in [0, 0.05) is 6.42 Å². The highest BCUT2D eigenvalue weighted by molar-refractivity contribution is 5.83. The van der Waals surface area contributed by atoms with Crippen LogP contribution in [0.5, 0.6) is 0 Å². The van der Waals surface area contributed by atoms with Gasteiger partial charge in [0.25, 0.3) is 0 Å². The summed E-state index contributed by atoms with van der Waals surface area (Å²) in [5.74, 6) is 0.135. The van der Waals surface area contributed by atoms with Crippen LogP contribution in [0.1, 0.15) is 19.8 Å². The van der Waals surface area contributed by atoms with Gasteiger partial charge in [-0.25, -0.2) is 0 Å². The molecule has 1 heterocycles. The van der Waals surface area contributed by atoms with E-state index < -0.39 is 0 Å². The van der Waals surface area contributed by atoms with Crippen LogP contribution >= 0.6 is 0 Å². The number of carbonyl (C=O) groups excluding carboxylic acids is 1. The fourth-order valence-corrected chi connectivity index (χ4v) is 0.766. The van der Waals surface area contributed by atoms with E-state index in [4.69, 9.17) is 10.5 Å². The van der Waals surface area contributed by atoms with Crippen LogP contribution in [0.15, 0.2) is 0 Å². The van der Waals surface area contributed by atoms with E-state index >= 15 is 0 Å². The molecular formula is C7H13NO2. The predicted molar refractivity (Wildman–Crippen MR) is 37.6 cm³/mol. The first kappa shape index (κ1) is 7.69. The number of hydrogen-bond acceptors (Lipinski definition) is 3. The van der Waals surface area contributed by atoms with Gasteiger partial charge in [-0.3, -0.25) is 4.79 Å². The molecule has 58 valence electrons. The summed E-state index contributed by atoms with van der Waals surface area (Å²) in [6, 6.07) is -0.307. The van der Waals surface area contributed by atoms with E-state index in [1.807, 2.05) is 0 Å². The maximum atomic E-state index is 10.9. The highest BCUT2D eigenvalue weighted by atomic mass is 16.6. The third kappa shape index (κ3) is 2.45. The molecule has 0 saturated carbocycles. The fraction of sp³-hybridized carbons (Fsp3) is 0.857. The summed E-state index contributed by atoms with van der Waals surface area (Å²) in [6.45, 7) is 2.54. The number of ketones is 1. The first-order valence-electron chi connectivity index (χ1n) is 3.60. The molecule has 1 saturated heterocycles. The van der Waals surface area contributed by atoms with Crippen LogP contribution in [-0.4, -0.2) is 24.5 Å². The Kier molecular flexibility index (Phi) is 2.40. The van der Waals surface area contributed by atoms with Crippen molar-refractivity contribution in [3.63, 3.8) is 0 Å². The summed E-state index contributed by atoms with van der Waals surface area (Å²) < 4.78 is 4.95. The summed E-state index contributed by atoms with van der Waals surface area (Å²) in [5.41, 5.74) is 5.35. The molecule has 1 fully saturated rings. The van der Waals surface area contributed by atoms with Crippen molar-refractivity contribution in [3.8, 4) is 0 Å². The van der Waals surface area contributed by atoms with Gasteiger partial charge >= 0.3 is 0 Å².